The van der Waals surface area contributed by atoms with Crippen LogP contribution in [0.25, 0.3) is 0 Å². The number of hydrogen-bond acceptors (Lipinski definition) is 5. The zero-order valence-corrected chi connectivity index (χ0v) is 17.4. The Hall–Kier alpha value is -2.18. The van der Waals surface area contributed by atoms with Gasteiger partial charge in [-0.05, 0) is 49.6 Å². The van der Waals surface area contributed by atoms with E-state index in [4.69, 9.17) is 14.2 Å². The molecule has 1 saturated heterocycles. The SMILES string of the molecule is COc1ccccc1N1CCC(CNCC2COc3c(F)cccc3O2)CC1.Cl. The van der Waals surface area contributed by atoms with Crippen molar-refractivity contribution in [3.8, 4) is 17.2 Å². The fourth-order valence-electron chi connectivity index (χ4n) is 3.93. The quantitative estimate of drug-likeness (QED) is 0.764. The number of fused-ring (bicyclic) bond motifs is 1. The van der Waals surface area contributed by atoms with Gasteiger partial charge >= 0.3 is 0 Å². The van der Waals surface area contributed by atoms with Gasteiger partial charge in [0.05, 0.1) is 12.8 Å². The predicted molar refractivity (Wildman–Crippen MR) is 114 cm³/mol. The van der Waals surface area contributed by atoms with E-state index in [1.807, 2.05) is 12.1 Å². The number of para-hydroxylation sites is 3. The van der Waals surface area contributed by atoms with Crippen LogP contribution in [0.2, 0.25) is 0 Å². The largest absolute Gasteiger partial charge is 0.495 e. The molecule has 1 N–H and O–H groups in total. The summed E-state index contributed by atoms with van der Waals surface area (Å²) >= 11 is 0. The molecule has 0 saturated carbocycles. The van der Waals surface area contributed by atoms with E-state index < -0.39 is 0 Å². The van der Waals surface area contributed by atoms with Crippen molar-refractivity contribution in [3.63, 3.8) is 0 Å². The molecule has 1 unspecified atom stereocenters. The second-order valence-corrected chi connectivity index (χ2v) is 7.38. The molecule has 7 heteroatoms. The fraction of sp³-hybridized carbons (Fsp3) is 0.455. The molecule has 2 heterocycles. The first-order valence-corrected chi connectivity index (χ1v) is 9.91. The molecule has 158 valence electrons. The minimum Gasteiger partial charge on any atom is -0.495 e. The van der Waals surface area contributed by atoms with Gasteiger partial charge in [-0.25, -0.2) is 4.39 Å². The number of hydrogen-bond donors (Lipinski definition) is 1. The standard InChI is InChI=1S/C22H27FN2O3.ClH/c1-26-20-7-3-2-6-19(20)25-11-9-16(10-12-25)13-24-14-17-15-27-22-18(23)5-4-8-21(22)28-17;/h2-8,16-17,24H,9-15H2,1H3;1H. The van der Waals surface area contributed by atoms with Crippen molar-refractivity contribution in [1.29, 1.82) is 0 Å². The molecule has 2 aromatic carbocycles. The lowest BCUT2D eigenvalue weighted by Gasteiger charge is -2.34. The molecule has 1 atom stereocenters. The molecule has 2 aliphatic rings. The average Bonchev–Trinajstić information content (AvgIpc) is 2.74. The Labute approximate surface area is 177 Å². The Kier molecular flexibility index (Phi) is 7.45. The van der Waals surface area contributed by atoms with E-state index >= 15 is 0 Å². The molecule has 2 aliphatic heterocycles. The lowest BCUT2D eigenvalue weighted by molar-refractivity contribution is 0.0852. The second-order valence-electron chi connectivity index (χ2n) is 7.38. The molecule has 0 bridgehead atoms. The molecule has 1 fully saturated rings. The maximum Gasteiger partial charge on any atom is 0.197 e. The van der Waals surface area contributed by atoms with Crippen molar-refractivity contribution < 1.29 is 18.6 Å². The van der Waals surface area contributed by atoms with E-state index in [9.17, 15) is 4.39 Å². The van der Waals surface area contributed by atoms with E-state index in [-0.39, 0.29) is 30.1 Å². The van der Waals surface area contributed by atoms with Crippen LogP contribution in [0.1, 0.15) is 12.8 Å². The summed E-state index contributed by atoms with van der Waals surface area (Å²) in [4.78, 5) is 2.40. The summed E-state index contributed by atoms with van der Waals surface area (Å²) in [5.74, 6) is 1.92. The summed E-state index contributed by atoms with van der Waals surface area (Å²) in [6.45, 7) is 4.08. The van der Waals surface area contributed by atoms with Crippen LogP contribution < -0.4 is 24.4 Å². The number of anilines is 1. The highest BCUT2D eigenvalue weighted by Gasteiger charge is 2.25. The number of nitrogens with one attached hydrogen (secondary N) is 1. The summed E-state index contributed by atoms with van der Waals surface area (Å²) in [5.41, 5.74) is 1.18. The molecule has 5 nitrogen and oxygen atoms in total. The van der Waals surface area contributed by atoms with Gasteiger partial charge < -0.3 is 24.4 Å². The molecule has 4 rings (SSSR count). The highest BCUT2D eigenvalue weighted by Crippen LogP contribution is 2.34. The highest BCUT2D eigenvalue weighted by molar-refractivity contribution is 5.85. The Morgan fingerprint density at radius 2 is 1.90 bits per heavy atom. The van der Waals surface area contributed by atoms with E-state index in [0.29, 0.717) is 24.8 Å². The molecule has 0 radical (unpaired) electrons. The summed E-state index contributed by atoms with van der Waals surface area (Å²) in [6, 6.07) is 13.0. The highest BCUT2D eigenvalue weighted by atomic mass is 35.5. The number of rotatable bonds is 6. The summed E-state index contributed by atoms with van der Waals surface area (Å²) in [7, 11) is 1.72. The van der Waals surface area contributed by atoms with Crippen LogP contribution in [0.4, 0.5) is 10.1 Å². The number of nitrogens with zero attached hydrogens (tertiary/aromatic N) is 1. The van der Waals surface area contributed by atoms with Crippen LogP contribution in [-0.4, -0.2) is 46.0 Å². The van der Waals surface area contributed by atoms with Gasteiger partial charge in [0.25, 0.3) is 0 Å². The van der Waals surface area contributed by atoms with Crippen LogP contribution in [-0.2, 0) is 0 Å². The van der Waals surface area contributed by atoms with E-state index in [1.165, 1.54) is 11.8 Å². The third-order valence-electron chi connectivity index (χ3n) is 5.48. The van der Waals surface area contributed by atoms with Crippen LogP contribution in [0.3, 0.4) is 0 Å². The summed E-state index contributed by atoms with van der Waals surface area (Å²) < 4.78 is 30.5. The van der Waals surface area contributed by atoms with Crippen LogP contribution in [0.5, 0.6) is 17.2 Å². The molecular weight excluding hydrogens is 395 g/mol. The molecule has 0 aromatic heterocycles. The van der Waals surface area contributed by atoms with E-state index in [1.54, 1.807) is 19.2 Å². The van der Waals surface area contributed by atoms with Crippen molar-refractivity contribution in [3.05, 3.63) is 48.3 Å². The first kappa shape index (κ1) is 21.5. The smallest absolute Gasteiger partial charge is 0.197 e. The normalized spacial score (nSPS) is 18.8. The number of halogens is 2. The van der Waals surface area contributed by atoms with Crippen LogP contribution in [0, 0.1) is 11.7 Å². The summed E-state index contributed by atoms with van der Waals surface area (Å²) in [6.07, 6.45) is 2.19. The molecule has 0 amide bonds. The van der Waals surface area contributed by atoms with Gasteiger partial charge in [0.1, 0.15) is 18.5 Å². The Morgan fingerprint density at radius 3 is 2.69 bits per heavy atom. The minimum atomic E-state index is -0.370. The van der Waals surface area contributed by atoms with Gasteiger partial charge in [-0.1, -0.05) is 18.2 Å². The molecule has 29 heavy (non-hydrogen) atoms. The topological polar surface area (TPSA) is 43.0 Å². The number of ether oxygens (including phenoxy) is 3. The number of benzene rings is 2. The fourth-order valence-corrected chi connectivity index (χ4v) is 3.93. The average molecular weight is 423 g/mol. The van der Waals surface area contributed by atoms with Crippen molar-refractivity contribution in [1.82, 2.24) is 5.32 Å². The molecule has 2 aromatic rings. The minimum absolute atomic E-state index is 0. The third kappa shape index (κ3) is 5.06. The molecule has 0 aliphatic carbocycles. The maximum atomic E-state index is 13.7. The number of piperidine rings is 1. The Bertz CT molecular complexity index is 799. The first-order valence-electron chi connectivity index (χ1n) is 9.91. The molecule has 0 spiro atoms. The maximum absolute atomic E-state index is 13.7. The second kappa shape index (κ2) is 10.0. The molecular formula is C22H28ClFN2O3. The zero-order valence-electron chi connectivity index (χ0n) is 16.6. The van der Waals surface area contributed by atoms with Gasteiger partial charge in [0, 0.05) is 19.6 Å². The van der Waals surface area contributed by atoms with Gasteiger partial charge in [-0.15, -0.1) is 12.4 Å². The van der Waals surface area contributed by atoms with Crippen molar-refractivity contribution in [2.75, 3.05) is 44.8 Å². The van der Waals surface area contributed by atoms with Gasteiger partial charge in [-0.2, -0.15) is 0 Å². The van der Waals surface area contributed by atoms with Gasteiger partial charge in [-0.3, -0.25) is 0 Å². The van der Waals surface area contributed by atoms with Crippen molar-refractivity contribution in [2.45, 2.75) is 18.9 Å². The summed E-state index contributed by atoms with van der Waals surface area (Å²) in [5, 5.41) is 3.51. The monoisotopic (exact) mass is 422 g/mol. The number of methoxy groups -OCH3 is 1. The van der Waals surface area contributed by atoms with E-state index in [2.05, 4.69) is 22.3 Å². The lowest BCUT2D eigenvalue weighted by Crippen LogP contribution is -2.42. The first-order chi connectivity index (χ1) is 13.7. The Morgan fingerprint density at radius 1 is 1.10 bits per heavy atom. The van der Waals surface area contributed by atoms with Crippen LogP contribution >= 0.6 is 12.4 Å². The third-order valence-corrected chi connectivity index (χ3v) is 5.48. The van der Waals surface area contributed by atoms with Crippen LogP contribution in [0.15, 0.2) is 42.5 Å². The lowest BCUT2D eigenvalue weighted by atomic mass is 9.96. The van der Waals surface area contributed by atoms with Crippen molar-refractivity contribution >= 4 is 18.1 Å². The predicted octanol–water partition coefficient (Wildman–Crippen LogP) is 3.90. The Balaban J connectivity index is 0.00000240. The van der Waals surface area contributed by atoms with E-state index in [0.717, 1.165) is 38.2 Å². The van der Waals surface area contributed by atoms with Gasteiger partial charge in [0.2, 0.25) is 0 Å². The zero-order chi connectivity index (χ0) is 19.3. The van der Waals surface area contributed by atoms with Crippen molar-refractivity contribution in [2.24, 2.45) is 5.92 Å². The van der Waals surface area contributed by atoms with Gasteiger partial charge in [0.15, 0.2) is 17.3 Å².